The van der Waals surface area contributed by atoms with Crippen molar-refractivity contribution in [2.24, 2.45) is 0 Å². The van der Waals surface area contributed by atoms with Crippen molar-refractivity contribution in [1.82, 2.24) is 15.0 Å². The first kappa shape index (κ1) is 30.4. The quantitative estimate of drug-likeness (QED) is 0.187. The summed E-state index contributed by atoms with van der Waals surface area (Å²) < 4.78 is 0. The second-order valence-electron chi connectivity index (χ2n) is 15.2. The molecular weight excluding hydrogens is 607 g/mol. The number of nitrogens with zero attached hydrogens (tertiary/aromatic N) is 3. The van der Waals surface area contributed by atoms with Crippen molar-refractivity contribution < 1.29 is 0 Å². The summed E-state index contributed by atoms with van der Waals surface area (Å²) in [6.45, 7) is 9.40. The molecule has 1 heterocycles. The Morgan fingerprint density at radius 1 is 0.380 bits per heavy atom. The molecule has 0 radical (unpaired) electrons. The number of fused-ring (bicyclic) bond motifs is 4. The van der Waals surface area contributed by atoms with E-state index in [9.17, 15) is 0 Å². The standard InChI is InChI=1S/C47H39N3/c1-45(2)30-46(3,4)41-29-33(25-28-40(41)45)44-49-42(31-15-7-5-8-16-31)48-43(50-44)32-23-26-35(27-24-32)47(34-17-9-6-10-18-34)38-21-13-11-19-36(38)37-20-12-14-22-39(37)47/h5-29H,30H2,1-4H3. The third-order valence-electron chi connectivity index (χ3n) is 11.0. The topological polar surface area (TPSA) is 38.7 Å². The van der Waals surface area contributed by atoms with E-state index >= 15 is 0 Å². The van der Waals surface area contributed by atoms with Crippen molar-refractivity contribution in [3.63, 3.8) is 0 Å². The summed E-state index contributed by atoms with van der Waals surface area (Å²) in [5.41, 5.74) is 13.2. The SMILES string of the molecule is CC1(C)CC(C)(C)c2cc(-c3nc(-c4ccccc4)nc(-c4ccc(C5(c6ccccc6)c6ccccc6-c6ccccc65)cc4)n3)ccc21. The Morgan fingerprint density at radius 3 is 1.42 bits per heavy atom. The number of rotatable bonds is 5. The maximum atomic E-state index is 5.16. The second-order valence-corrected chi connectivity index (χ2v) is 15.2. The Morgan fingerprint density at radius 2 is 0.820 bits per heavy atom. The largest absolute Gasteiger partial charge is 0.208 e. The number of hydrogen-bond donors (Lipinski definition) is 0. The van der Waals surface area contributed by atoms with Crippen LogP contribution < -0.4 is 0 Å². The van der Waals surface area contributed by atoms with Crippen LogP contribution in [0.15, 0.2) is 152 Å². The lowest BCUT2D eigenvalue weighted by atomic mass is 9.67. The molecule has 0 bridgehead atoms. The first-order chi connectivity index (χ1) is 24.3. The van der Waals surface area contributed by atoms with Gasteiger partial charge >= 0.3 is 0 Å². The van der Waals surface area contributed by atoms with Crippen LogP contribution in [0.2, 0.25) is 0 Å². The van der Waals surface area contributed by atoms with Crippen LogP contribution in [0.1, 0.15) is 67.5 Å². The minimum Gasteiger partial charge on any atom is -0.208 e. The van der Waals surface area contributed by atoms with Crippen molar-refractivity contribution >= 4 is 0 Å². The van der Waals surface area contributed by atoms with Crippen molar-refractivity contribution in [3.8, 4) is 45.3 Å². The Bertz CT molecular complexity index is 2340. The van der Waals surface area contributed by atoms with Crippen LogP contribution in [0.4, 0.5) is 0 Å². The molecule has 0 aliphatic heterocycles. The van der Waals surface area contributed by atoms with Gasteiger partial charge in [-0.1, -0.05) is 173 Å². The Labute approximate surface area is 294 Å². The highest BCUT2D eigenvalue weighted by atomic mass is 15.0. The zero-order valence-electron chi connectivity index (χ0n) is 29.0. The molecule has 9 rings (SSSR count). The Hall–Kier alpha value is -5.67. The monoisotopic (exact) mass is 645 g/mol. The molecule has 0 unspecified atom stereocenters. The lowest BCUT2D eigenvalue weighted by Crippen LogP contribution is -2.28. The predicted octanol–water partition coefficient (Wildman–Crippen LogP) is 11.2. The normalized spacial score (nSPS) is 16.0. The molecule has 3 heteroatoms. The van der Waals surface area contributed by atoms with Crippen LogP contribution in [0, 0.1) is 0 Å². The minimum atomic E-state index is -0.447. The summed E-state index contributed by atoms with van der Waals surface area (Å²) in [6.07, 6.45) is 1.11. The molecule has 0 amide bonds. The van der Waals surface area contributed by atoms with Crippen LogP contribution in [0.3, 0.4) is 0 Å². The predicted molar refractivity (Wildman–Crippen MR) is 204 cm³/mol. The van der Waals surface area contributed by atoms with E-state index in [0.717, 1.165) is 23.1 Å². The first-order valence-corrected chi connectivity index (χ1v) is 17.6. The van der Waals surface area contributed by atoms with Crippen molar-refractivity contribution in [1.29, 1.82) is 0 Å². The van der Waals surface area contributed by atoms with Gasteiger partial charge in [0.1, 0.15) is 0 Å². The van der Waals surface area contributed by atoms with E-state index in [1.165, 1.54) is 44.5 Å². The minimum absolute atomic E-state index is 0.0784. The van der Waals surface area contributed by atoms with Gasteiger partial charge in [0.05, 0.1) is 5.41 Å². The zero-order valence-corrected chi connectivity index (χ0v) is 29.0. The van der Waals surface area contributed by atoms with Gasteiger partial charge in [0.15, 0.2) is 17.5 Å². The van der Waals surface area contributed by atoms with E-state index in [4.69, 9.17) is 15.0 Å². The fraction of sp³-hybridized carbons (Fsp3) is 0.170. The van der Waals surface area contributed by atoms with Crippen LogP contribution in [0.5, 0.6) is 0 Å². The summed E-state index contributed by atoms with van der Waals surface area (Å²) in [4.78, 5) is 15.3. The van der Waals surface area contributed by atoms with Gasteiger partial charge in [0.25, 0.3) is 0 Å². The molecule has 0 atom stereocenters. The fourth-order valence-corrected chi connectivity index (χ4v) is 9.06. The molecule has 2 aliphatic carbocycles. The average molecular weight is 646 g/mol. The van der Waals surface area contributed by atoms with Gasteiger partial charge in [-0.3, -0.25) is 0 Å². The van der Waals surface area contributed by atoms with Gasteiger partial charge in [-0.05, 0) is 67.8 Å². The van der Waals surface area contributed by atoms with Crippen LogP contribution in [-0.2, 0) is 16.2 Å². The van der Waals surface area contributed by atoms with E-state index in [1.807, 2.05) is 18.2 Å². The highest BCUT2D eigenvalue weighted by Gasteiger charge is 2.46. The van der Waals surface area contributed by atoms with Gasteiger partial charge in [-0.15, -0.1) is 0 Å². The summed E-state index contributed by atoms with van der Waals surface area (Å²) in [5.74, 6) is 2.04. The molecule has 1 aromatic heterocycles. The third-order valence-corrected chi connectivity index (χ3v) is 11.0. The highest BCUT2D eigenvalue weighted by molar-refractivity contribution is 5.86. The molecule has 2 aliphatic rings. The van der Waals surface area contributed by atoms with Crippen LogP contribution >= 0.6 is 0 Å². The molecule has 0 saturated heterocycles. The molecule has 242 valence electrons. The van der Waals surface area contributed by atoms with Crippen LogP contribution in [-0.4, -0.2) is 15.0 Å². The van der Waals surface area contributed by atoms with Gasteiger partial charge in [-0.25, -0.2) is 15.0 Å². The van der Waals surface area contributed by atoms with Gasteiger partial charge < -0.3 is 0 Å². The van der Waals surface area contributed by atoms with E-state index < -0.39 is 5.41 Å². The van der Waals surface area contributed by atoms with Crippen LogP contribution in [0.25, 0.3) is 45.3 Å². The number of aromatic nitrogens is 3. The molecule has 3 nitrogen and oxygen atoms in total. The maximum absolute atomic E-state index is 5.16. The number of hydrogen-bond acceptors (Lipinski definition) is 3. The molecule has 6 aromatic carbocycles. The summed E-state index contributed by atoms with van der Waals surface area (Å²) >= 11 is 0. The van der Waals surface area contributed by atoms with Crippen molar-refractivity contribution in [3.05, 3.63) is 185 Å². The Balaban J connectivity index is 1.21. The van der Waals surface area contributed by atoms with Gasteiger partial charge in [0, 0.05) is 16.7 Å². The Kier molecular flexibility index (Phi) is 6.80. The highest BCUT2D eigenvalue weighted by Crippen LogP contribution is 2.56. The number of benzene rings is 6. The smallest absolute Gasteiger partial charge is 0.164 e. The fourth-order valence-electron chi connectivity index (χ4n) is 9.06. The average Bonchev–Trinajstić information content (AvgIpc) is 3.56. The third kappa shape index (κ3) is 4.60. The second kappa shape index (κ2) is 11.2. The molecule has 0 N–H and O–H groups in total. The molecule has 0 saturated carbocycles. The molecule has 50 heavy (non-hydrogen) atoms. The van der Waals surface area contributed by atoms with Crippen molar-refractivity contribution in [2.45, 2.75) is 50.4 Å². The maximum Gasteiger partial charge on any atom is 0.164 e. The van der Waals surface area contributed by atoms with E-state index in [-0.39, 0.29) is 10.8 Å². The molecule has 0 fully saturated rings. The molecule has 7 aromatic rings. The lowest BCUT2D eigenvalue weighted by Gasteiger charge is -2.34. The first-order valence-electron chi connectivity index (χ1n) is 17.6. The molecule has 0 spiro atoms. The summed E-state index contributed by atoms with van der Waals surface area (Å²) in [6, 6.07) is 54.6. The van der Waals surface area contributed by atoms with E-state index in [0.29, 0.717) is 17.5 Å². The van der Waals surface area contributed by atoms with Gasteiger partial charge in [-0.2, -0.15) is 0 Å². The van der Waals surface area contributed by atoms with Crippen molar-refractivity contribution in [2.75, 3.05) is 0 Å². The zero-order chi connectivity index (χ0) is 34.1. The van der Waals surface area contributed by atoms with E-state index in [1.54, 1.807) is 0 Å². The van der Waals surface area contributed by atoms with E-state index in [2.05, 4.69) is 161 Å². The lowest BCUT2D eigenvalue weighted by molar-refractivity contribution is 0.403. The summed E-state index contributed by atoms with van der Waals surface area (Å²) in [5, 5.41) is 0. The van der Waals surface area contributed by atoms with Gasteiger partial charge in [0.2, 0.25) is 0 Å². The summed E-state index contributed by atoms with van der Waals surface area (Å²) in [7, 11) is 0. The molecular formula is C47H39N3.